The summed E-state index contributed by atoms with van der Waals surface area (Å²) in [6.45, 7) is 0. The standard InChI is InChI=1S/C22H14BrIN2O2/c23-18-10-17-11-20(28-21(17)19(24)12-18)22(27)26-25-13-14-6-8-16(9-7-14)15-4-2-1-3-5-15/h1-13H,(H,26,27)/b25-13-. The van der Waals surface area contributed by atoms with Gasteiger partial charge in [0, 0.05) is 9.86 Å². The van der Waals surface area contributed by atoms with Gasteiger partial charge < -0.3 is 4.42 Å². The SMILES string of the molecule is O=C(N/N=C\c1ccc(-c2ccccc2)cc1)c1cc2cc(Br)cc(I)c2o1. The zero-order valence-corrected chi connectivity index (χ0v) is 18.3. The number of benzene rings is 3. The summed E-state index contributed by atoms with van der Waals surface area (Å²) in [5.41, 5.74) is 6.38. The predicted molar refractivity (Wildman–Crippen MR) is 124 cm³/mol. The molecular weight excluding hydrogens is 531 g/mol. The summed E-state index contributed by atoms with van der Waals surface area (Å²) >= 11 is 5.63. The lowest BCUT2D eigenvalue weighted by Crippen LogP contribution is -2.16. The van der Waals surface area contributed by atoms with Gasteiger partial charge in [0.05, 0.1) is 9.78 Å². The molecule has 138 valence electrons. The lowest BCUT2D eigenvalue weighted by Gasteiger charge is -2.01. The second-order valence-corrected chi connectivity index (χ2v) is 8.18. The van der Waals surface area contributed by atoms with E-state index >= 15 is 0 Å². The summed E-state index contributed by atoms with van der Waals surface area (Å²) in [4.78, 5) is 12.3. The molecule has 1 heterocycles. The van der Waals surface area contributed by atoms with Gasteiger partial charge in [0.15, 0.2) is 5.76 Å². The van der Waals surface area contributed by atoms with Gasteiger partial charge in [-0.2, -0.15) is 5.10 Å². The van der Waals surface area contributed by atoms with Gasteiger partial charge in [0.2, 0.25) is 0 Å². The van der Waals surface area contributed by atoms with E-state index in [1.165, 1.54) is 0 Å². The first-order chi connectivity index (χ1) is 13.6. The molecule has 0 saturated carbocycles. The number of halogens is 2. The number of carbonyl (C=O) groups is 1. The fourth-order valence-corrected chi connectivity index (χ4v) is 4.46. The third-order valence-corrected chi connectivity index (χ3v) is 5.42. The molecule has 0 unspecified atom stereocenters. The van der Waals surface area contributed by atoms with Crippen molar-refractivity contribution in [3.63, 3.8) is 0 Å². The zero-order chi connectivity index (χ0) is 19.5. The number of furan rings is 1. The first kappa shape index (κ1) is 18.9. The number of hydrogen-bond acceptors (Lipinski definition) is 3. The Hall–Kier alpha value is -2.45. The molecule has 0 aliphatic carbocycles. The normalized spacial score (nSPS) is 11.2. The summed E-state index contributed by atoms with van der Waals surface area (Å²) in [6, 6.07) is 23.7. The number of carbonyl (C=O) groups excluding carboxylic acids is 1. The average Bonchev–Trinajstić information content (AvgIpc) is 3.14. The van der Waals surface area contributed by atoms with Crippen LogP contribution in [0.1, 0.15) is 16.1 Å². The molecule has 0 bridgehead atoms. The molecule has 0 aliphatic rings. The van der Waals surface area contributed by atoms with E-state index in [2.05, 4.69) is 61.2 Å². The van der Waals surface area contributed by atoms with Gasteiger partial charge in [-0.1, -0.05) is 70.5 Å². The Balaban J connectivity index is 1.44. The minimum atomic E-state index is -0.389. The summed E-state index contributed by atoms with van der Waals surface area (Å²) in [5, 5.41) is 4.90. The van der Waals surface area contributed by atoms with Crippen molar-refractivity contribution in [3.8, 4) is 11.1 Å². The van der Waals surface area contributed by atoms with Gasteiger partial charge in [-0.3, -0.25) is 4.79 Å². The molecule has 0 aliphatic heterocycles. The van der Waals surface area contributed by atoms with E-state index in [1.54, 1.807) is 12.3 Å². The Morgan fingerprint density at radius 1 is 1.00 bits per heavy atom. The van der Waals surface area contributed by atoms with Crippen LogP contribution in [0.4, 0.5) is 0 Å². The highest BCUT2D eigenvalue weighted by molar-refractivity contribution is 14.1. The Bertz CT molecular complexity index is 1170. The second kappa shape index (κ2) is 8.28. The van der Waals surface area contributed by atoms with E-state index in [0.29, 0.717) is 5.58 Å². The van der Waals surface area contributed by atoms with Crippen molar-refractivity contribution in [2.45, 2.75) is 0 Å². The van der Waals surface area contributed by atoms with E-state index in [4.69, 9.17) is 4.42 Å². The minimum Gasteiger partial charge on any atom is -0.450 e. The molecule has 4 rings (SSSR count). The molecule has 28 heavy (non-hydrogen) atoms. The van der Waals surface area contributed by atoms with Crippen molar-refractivity contribution in [1.82, 2.24) is 5.43 Å². The second-order valence-electron chi connectivity index (χ2n) is 6.10. The molecule has 4 aromatic rings. The smallest absolute Gasteiger partial charge is 0.307 e. The highest BCUT2D eigenvalue weighted by Crippen LogP contribution is 2.28. The largest absolute Gasteiger partial charge is 0.450 e. The van der Waals surface area contributed by atoms with E-state index in [0.717, 1.165) is 30.1 Å². The maximum absolute atomic E-state index is 12.3. The molecule has 0 saturated heterocycles. The number of rotatable bonds is 4. The van der Waals surface area contributed by atoms with Crippen LogP contribution in [0.25, 0.3) is 22.1 Å². The molecule has 0 spiro atoms. The molecular formula is C22H14BrIN2O2. The predicted octanol–water partition coefficient (Wildman–Crippen LogP) is 6.23. The first-order valence-corrected chi connectivity index (χ1v) is 10.3. The number of hydrazone groups is 1. The fourth-order valence-electron chi connectivity index (χ4n) is 2.80. The van der Waals surface area contributed by atoms with E-state index in [1.807, 2.05) is 54.6 Å². The molecule has 1 aromatic heterocycles. The monoisotopic (exact) mass is 544 g/mol. The number of nitrogens with one attached hydrogen (secondary N) is 1. The summed E-state index contributed by atoms with van der Waals surface area (Å²) in [5.74, 6) is -0.164. The van der Waals surface area contributed by atoms with Crippen molar-refractivity contribution in [3.05, 3.63) is 92.2 Å². The van der Waals surface area contributed by atoms with Crippen LogP contribution in [0.15, 0.2) is 86.8 Å². The van der Waals surface area contributed by atoms with Crippen molar-refractivity contribution >= 4 is 61.6 Å². The number of nitrogens with zero attached hydrogens (tertiary/aromatic N) is 1. The quantitative estimate of drug-likeness (QED) is 0.188. The lowest BCUT2D eigenvalue weighted by atomic mass is 10.0. The highest BCUT2D eigenvalue weighted by Gasteiger charge is 2.14. The molecule has 0 radical (unpaired) electrons. The van der Waals surface area contributed by atoms with Crippen LogP contribution in [0, 0.1) is 3.57 Å². The average molecular weight is 545 g/mol. The maximum Gasteiger partial charge on any atom is 0.307 e. The summed E-state index contributed by atoms with van der Waals surface area (Å²) < 4.78 is 7.54. The van der Waals surface area contributed by atoms with Crippen molar-refractivity contribution < 1.29 is 9.21 Å². The van der Waals surface area contributed by atoms with E-state index in [-0.39, 0.29) is 11.7 Å². The van der Waals surface area contributed by atoms with Gasteiger partial charge in [-0.25, -0.2) is 5.43 Å². The maximum atomic E-state index is 12.3. The van der Waals surface area contributed by atoms with Crippen LogP contribution in [0.2, 0.25) is 0 Å². The van der Waals surface area contributed by atoms with Crippen LogP contribution in [0.3, 0.4) is 0 Å². The highest BCUT2D eigenvalue weighted by atomic mass is 127. The molecule has 0 atom stereocenters. The van der Waals surface area contributed by atoms with Crippen molar-refractivity contribution in [2.75, 3.05) is 0 Å². The van der Waals surface area contributed by atoms with Crippen LogP contribution in [0.5, 0.6) is 0 Å². The summed E-state index contributed by atoms with van der Waals surface area (Å²) in [6.07, 6.45) is 1.61. The topological polar surface area (TPSA) is 54.6 Å². The first-order valence-electron chi connectivity index (χ1n) is 8.47. The van der Waals surface area contributed by atoms with Crippen LogP contribution >= 0.6 is 38.5 Å². The van der Waals surface area contributed by atoms with E-state index < -0.39 is 0 Å². The third kappa shape index (κ3) is 4.18. The molecule has 3 aromatic carbocycles. The van der Waals surface area contributed by atoms with Crippen LogP contribution in [-0.2, 0) is 0 Å². The van der Waals surface area contributed by atoms with E-state index in [9.17, 15) is 4.79 Å². The van der Waals surface area contributed by atoms with Crippen molar-refractivity contribution in [2.24, 2.45) is 5.10 Å². The molecule has 4 nitrogen and oxygen atoms in total. The minimum absolute atomic E-state index is 0.225. The number of hydrogen-bond donors (Lipinski definition) is 1. The molecule has 6 heteroatoms. The Morgan fingerprint density at radius 3 is 2.46 bits per heavy atom. The van der Waals surface area contributed by atoms with Crippen LogP contribution < -0.4 is 5.43 Å². The number of amides is 1. The zero-order valence-electron chi connectivity index (χ0n) is 14.5. The molecule has 1 amide bonds. The fraction of sp³-hybridized carbons (Fsp3) is 0. The van der Waals surface area contributed by atoms with Gasteiger partial charge in [-0.15, -0.1) is 0 Å². The third-order valence-electron chi connectivity index (χ3n) is 4.16. The van der Waals surface area contributed by atoms with Gasteiger partial charge >= 0.3 is 5.91 Å². The number of fused-ring (bicyclic) bond motifs is 1. The van der Waals surface area contributed by atoms with Crippen LogP contribution in [-0.4, -0.2) is 12.1 Å². The Labute approximate surface area is 183 Å². The molecule has 0 fully saturated rings. The Kier molecular flexibility index (Phi) is 5.59. The Morgan fingerprint density at radius 2 is 1.71 bits per heavy atom. The van der Waals surface area contributed by atoms with Gasteiger partial charge in [0.1, 0.15) is 5.58 Å². The van der Waals surface area contributed by atoms with Gasteiger partial charge in [0.25, 0.3) is 0 Å². The van der Waals surface area contributed by atoms with Crippen molar-refractivity contribution in [1.29, 1.82) is 0 Å². The van der Waals surface area contributed by atoms with Gasteiger partial charge in [-0.05, 0) is 57.5 Å². The molecule has 1 N–H and O–H groups in total. The lowest BCUT2D eigenvalue weighted by molar-refractivity contribution is 0.0929. The summed E-state index contributed by atoms with van der Waals surface area (Å²) in [7, 11) is 0.